The topological polar surface area (TPSA) is 95.1 Å². The number of carbonyl (C=O) groups excluding carboxylic acids is 1. The lowest BCUT2D eigenvalue weighted by Crippen LogP contribution is -2.33. The number of nitrogens with one attached hydrogen (secondary N) is 1. The summed E-state index contributed by atoms with van der Waals surface area (Å²) in [6, 6.07) is 7.96. The van der Waals surface area contributed by atoms with Gasteiger partial charge in [-0.2, -0.15) is 0 Å². The first-order valence-electron chi connectivity index (χ1n) is 9.14. The number of carbonyl (C=O) groups is 1. The lowest BCUT2D eigenvalue weighted by Gasteiger charge is -2.13. The van der Waals surface area contributed by atoms with Gasteiger partial charge in [0.15, 0.2) is 5.82 Å². The highest BCUT2D eigenvalue weighted by Crippen LogP contribution is 2.22. The maximum Gasteiger partial charge on any atom is 0.233 e. The Hall–Kier alpha value is -2.22. The maximum absolute atomic E-state index is 12.1. The molecule has 0 fully saturated rings. The summed E-state index contributed by atoms with van der Waals surface area (Å²) >= 11 is 1.27. The van der Waals surface area contributed by atoms with Crippen molar-refractivity contribution in [3.8, 4) is 5.75 Å². The van der Waals surface area contributed by atoms with Crippen LogP contribution in [0.2, 0.25) is 0 Å². The molecular formula is C19H29N5O2S. The van der Waals surface area contributed by atoms with E-state index in [1.165, 1.54) is 22.0 Å². The third-order valence-electron chi connectivity index (χ3n) is 3.99. The second-order valence-corrected chi connectivity index (χ2v) is 8.49. The van der Waals surface area contributed by atoms with Gasteiger partial charge in [-0.1, -0.05) is 51.6 Å². The Balaban J connectivity index is 1.91. The van der Waals surface area contributed by atoms with E-state index in [2.05, 4.69) is 43.2 Å². The van der Waals surface area contributed by atoms with Gasteiger partial charge < -0.3 is 15.9 Å². The van der Waals surface area contributed by atoms with Gasteiger partial charge in [0, 0.05) is 6.54 Å². The first-order valence-corrected chi connectivity index (χ1v) is 10.0. The van der Waals surface area contributed by atoms with Crippen molar-refractivity contribution in [1.82, 2.24) is 20.2 Å². The average Bonchev–Trinajstić information content (AvgIpc) is 2.98. The quantitative estimate of drug-likeness (QED) is 0.504. The molecule has 0 saturated carbocycles. The fourth-order valence-electron chi connectivity index (χ4n) is 2.24. The number of nitrogens with zero attached hydrogens (tertiary/aromatic N) is 3. The number of nitrogen functional groups attached to an aromatic ring is 1. The summed E-state index contributed by atoms with van der Waals surface area (Å²) in [6.45, 7) is 11.1. The van der Waals surface area contributed by atoms with Crippen molar-refractivity contribution in [2.75, 3.05) is 12.4 Å². The Kier molecular flexibility index (Phi) is 7.53. The number of nitrogens with two attached hydrogens (primary N) is 1. The molecule has 7 nitrogen and oxygen atoms in total. The Morgan fingerprint density at radius 3 is 2.44 bits per heavy atom. The molecule has 8 heteroatoms. The SMILES string of the molecule is CC(C)CNC(=O)[C@H](C)Sc1nnc(COc2ccc(C(C)C)cc2)n1N. The molecular weight excluding hydrogens is 362 g/mol. The van der Waals surface area contributed by atoms with E-state index in [1.807, 2.05) is 31.2 Å². The zero-order valence-corrected chi connectivity index (χ0v) is 17.4. The van der Waals surface area contributed by atoms with Crippen LogP contribution in [0, 0.1) is 5.92 Å². The Bertz CT molecular complexity index is 743. The Labute approximate surface area is 165 Å². The van der Waals surface area contributed by atoms with Gasteiger partial charge in [0.25, 0.3) is 0 Å². The van der Waals surface area contributed by atoms with Crippen LogP contribution in [-0.2, 0) is 11.4 Å². The zero-order valence-electron chi connectivity index (χ0n) is 16.6. The van der Waals surface area contributed by atoms with Crippen LogP contribution in [0.15, 0.2) is 29.4 Å². The fraction of sp³-hybridized carbons (Fsp3) is 0.526. The van der Waals surface area contributed by atoms with Gasteiger partial charge in [0.1, 0.15) is 12.4 Å². The van der Waals surface area contributed by atoms with Crippen LogP contribution < -0.4 is 15.9 Å². The molecule has 0 aliphatic heterocycles. The summed E-state index contributed by atoms with van der Waals surface area (Å²) in [4.78, 5) is 12.1. The maximum atomic E-state index is 12.1. The average molecular weight is 392 g/mol. The lowest BCUT2D eigenvalue weighted by atomic mass is 10.0. The molecule has 27 heavy (non-hydrogen) atoms. The van der Waals surface area contributed by atoms with Crippen LogP contribution in [0.5, 0.6) is 5.75 Å². The van der Waals surface area contributed by atoms with E-state index in [1.54, 1.807) is 0 Å². The Morgan fingerprint density at radius 2 is 1.85 bits per heavy atom. The molecule has 0 aliphatic rings. The van der Waals surface area contributed by atoms with Crippen molar-refractivity contribution in [3.63, 3.8) is 0 Å². The van der Waals surface area contributed by atoms with E-state index < -0.39 is 0 Å². The number of rotatable bonds is 9. The van der Waals surface area contributed by atoms with Gasteiger partial charge in [-0.05, 0) is 36.5 Å². The van der Waals surface area contributed by atoms with Crippen LogP contribution in [0.25, 0.3) is 0 Å². The highest BCUT2D eigenvalue weighted by molar-refractivity contribution is 8.00. The molecule has 0 saturated heterocycles. The van der Waals surface area contributed by atoms with Gasteiger partial charge in [-0.15, -0.1) is 10.2 Å². The number of benzene rings is 1. The number of thioether (sulfide) groups is 1. The number of amides is 1. The lowest BCUT2D eigenvalue weighted by molar-refractivity contribution is -0.120. The third kappa shape index (κ3) is 6.16. The number of hydrogen-bond donors (Lipinski definition) is 2. The van der Waals surface area contributed by atoms with Gasteiger partial charge >= 0.3 is 0 Å². The number of hydrogen-bond acceptors (Lipinski definition) is 6. The van der Waals surface area contributed by atoms with Crippen LogP contribution in [0.4, 0.5) is 0 Å². The summed E-state index contributed by atoms with van der Waals surface area (Å²) in [7, 11) is 0. The molecule has 2 rings (SSSR count). The van der Waals surface area contributed by atoms with Gasteiger partial charge in [0.05, 0.1) is 5.25 Å². The second-order valence-electron chi connectivity index (χ2n) is 7.18. The van der Waals surface area contributed by atoms with Crippen LogP contribution in [0.3, 0.4) is 0 Å². The van der Waals surface area contributed by atoms with E-state index in [0.29, 0.717) is 29.4 Å². The summed E-state index contributed by atoms with van der Waals surface area (Å²) in [5.41, 5.74) is 1.26. The number of aromatic nitrogens is 3. The molecule has 0 aliphatic carbocycles. The summed E-state index contributed by atoms with van der Waals surface area (Å²) in [5, 5.41) is 11.2. The molecule has 2 aromatic rings. The molecule has 0 spiro atoms. The molecule has 0 unspecified atom stereocenters. The van der Waals surface area contributed by atoms with E-state index in [4.69, 9.17) is 10.6 Å². The Morgan fingerprint density at radius 1 is 1.19 bits per heavy atom. The van der Waals surface area contributed by atoms with Crippen molar-refractivity contribution in [2.24, 2.45) is 5.92 Å². The standard InChI is InChI=1S/C19H29N5O2S/c1-12(2)10-21-18(25)14(5)27-19-23-22-17(24(19)20)11-26-16-8-6-15(7-9-16)13(3)4/h6-9,12-14H,10-11,20H2,1-5H3,(H,21,25)/t14-/m0/s1. The minimum atomic E-state index is -0.312. The van der Waals surface area contributed by atoms with Gasteiger partial charge in [0.2, 0.25) is 11.1 Å². The van der Waals surface area contributed by atoms with Crippen molar-refractivity contribution >= 4 is 17.7 Å². The van der Waals surface area contributed by atoms with Crippen molar-refractivity contribution in [2.45, 2.75) is 57.5 Å². The predicted molar refractivity (Wildman–Crippen MR) is 108 cm³/mol. The van der Waals surface area contributed by atoms with Crippen molar-refractivity contribution in [1.29, 1.82) is 0 Å². The number of ether oxygens (including phenoxy) is 1. The van der Waals surface area contributed by atoms with E-state index in [9.17, 15) is 4.79 Å². The molecule has 1 aromatic heterocycles. The molecule has 0 radical (unpaired) electrons. The summed E-state index contributed by atoms with van der Waals surface area (Å²) in [6.07, 6.45) is 0. The summed E-state index contributed by atoms with van der Waals surface area (Å²) < 4.78 is 7.12. The monoisotopic (exact) mass is 391 g/mol. The van der Waals surface area contributed by atoms with Crippen LogP contribution in [0.1, 0.15) is 51.9 Å². The second kappa shape index (κ2) is 9.64. The zero-order chi connectivity index (χ0) is 20.0. The van der Waals surface area contributed by atoms with Crippen LogP contribution in [-0.4, -0.2) is 32.6 Å². The minimum Gasteiger partial charge on any atom is -0.486 e. The normalized spacial score (nSPS) is 12.4. The molecule has 3 N–H and O–H groups in total. The van der Waals surface area contributed by atoms with Gasteiger partial charge in [-0.3, -0.25) is 4.79 Å². The smallest absolute Gasteiger partial charge is 0.233 e. The molecule has 148 valence electrons. The van der Waals surface area contributed by atoms with Crippen molar-refractivity contribution < 1.29 is 9.53 Å². The molecule has 1 aromatic carbocycles. The first kappa shape index (κ1) is 21.1. The predicted octanol–water partition coefficient (Wildman–Crippen LogP) is 2.95. The highest BCUT2D eigenvalue weighted by atomic mass is 32.2. The van der Waals surface area contributed by atoms with Crippen LogP contribution >= 0.6 is 11.8 Å². The van der Waals surface area contributed by atoms with E-state index >= 15 is 0 Å². The van der Waals surface area contributed by atoms with Gasteiger partial charge in [-0.25, -0.2) is 4.68 Å². The largest absolute Gasteiger partial charge is 0.486 e. The molecule has 0 bridgehead atoms. The molecule has 1 amide bonds. The first-order chi connectivity index (χ1) is 12.8. The van der Waals surface area contributed by atoms with E-state index in [-0.39, 0.29) is 17.8 Å². The minimum absolute atomic E-state index is 0.0419. The molecule has 1 heterocycles. The highest BCUT2D eigenvalue weighted by Gasteiger charge is 2.19. The fourth-order valence-corrected chi connectivity index (χ4v) is 3.06. The third-order valence-corrected chi connectivity index (χ3v) is 5.04. The van der Waals surface area contributed by atoms with Crippen molar-refractivity contribution in [3.05, 3.63) is 35.7 Å². The molecule has 1 atom stereocenters. The van der Waals surface area contributed by atoms with E-state index in [0.717, 1.165) is 5.75 Å². The summed E-state index contributed by atoms with van der Waals surface area (Å²) in [5.74, 6) is 8.15.